The Morgan fingerprint density at radius 1 is 0.941 bits per heavy atom. The predicted octanol–water partition coefficient (Wildman–Crippen LogP) is 2.87. The van der Waals surface area contributed by atoms with E-state index in [-0.39, 0.29) is 12.4 Å². The Morgan fingerprint density at radius 2 is 1.65 bits per heavy atom. The van der Waals surface area contributed by atoms with Crippen LogP contribution in [-0.4, -0.2) is 43.1 Å². The first kappa shape index (κ1) is 25.9. The molecular weight excluding hydrogens is 454 g/mol. The molecule has 3 rings (SSSR count). The molecule has 7 nitrogen and oxygen atoms in total. The fourth-order valence-corrected chi connectivity index (χ4v) is 4.15. The second-order valence-electron chi connectivity index (χ2n) is 8.25. The molecule has 0 fully saturated rings. The molecular formula is C26H31NO6S. The smallest absolute Gasteiger partial charge is 0.175 e. The SMILES string of the molecule is CS(=O)(=O)c1ccc(COCc2cccc(CCNC[C@H](O)c3ccc(O)c(CO)c3)c2)cc1. The number of rotatable bonds is 12. The highest BCUT2D eigenvalue weighted by molar-refractivity contribution is 7.90. The summed E-state index contributed by atoms with van der Waals surface area (Å²) in [6, 6.07) is 19.5. The van der Waals surface area contributed by atoms with Gasteiger partial charge in [-0.15, -0.1) is 0 Å². The molecule has 0 heterocycles. The van der Waals surface area contributed by atoms with Gasteiger partial charge in [0.05, 0.1) is 30.8 Å². The average molecular weight is 486 g/mol. The van der Waals surface area contributed by atoms with Gasteiger partial charge >= 0.3 is 0 Å². The minimum atomic E-state index is -3.20. The van der Waals surface area contributed by atoms with E-state index in [1.807, 2.05) is 18.2 Å². The van der Waals surface area contributed by atoms with Crippen LogP contribution in [0.25, 0.3) is 0 Å². The van der Waals surface area contributed by atoms with Gasteiger partial charge < -0.3 is 25.4 Å². The van der Waals surface area contributed by atoms with E-state index in [0.717, 1.165) is 23.1 Å². The average Bonchev–Trinajstić information content (AvgIpc) is 2.82. The van der Waals surface area contributed by atoms with Crippen molar-refractivity contribution in [2.75, 3.05) is 19.3 Å². The number of aromatic hydroxyl groups is 1. The van der Waals surface area contributed by atoms with Crippen molar-refractivity contribution in [1.82, 2.24) is 5.32 Å². The molecule has 0 saturated carbocycles. The Balaban J connectivity index is 1.42. The summed E-state index contributed by atoms with van der Waals surface area (Å²) < 4.78 is 28.9. The molecule has 4 N–H and O–H groups in total. The van der Waals surface area contributed by atoms with Crippen LogP contribution < -0.4 is 5.32 Å². The van der Waals surface area contributed by atoms with Crippen LogP contribution in [0.2, 0.25) is 0 Å². The van der Waals surface area contributed by atoms with Crippen LogP contribution in [0.3, 0.4) is 0 Å². The predicted molar refractivity (Wildman–Crippen MR) is 130 cm³/mol. The Hall–Kier alpha value is -2.75. The minimum absolute atomic E-state index is 0.0140. The molecule has 1 atom stereocenters. The van der Waals surface area contributed by atoms with Crippen LogP contribution in [0.5, 0.6) is 5.75 Å². The van der Waals surface area contributed by atoms with Crippen molar-refractivity contribution >= 4 is 9.84 Å². The largest absolute Gasteiger partial charge is 0.508 e. The maximum atomic E-state index is 11.5. The van der Waals surface area contributed by atoms with Crippen LogP contribution >= 0.6 is 0 Å². The molecule has 0 bridgehead atoms. The monoisotopic (exact) mass is 485 g/mol. The van der Waals surface area contributed by atoms with Gasteiger partial charge in [-0.1, -0.05) is 42.5 Å². The van der Waals surface area contributed by atoms with Crippen molar-refractivity contribution in [3.05, 3.63) is 94.5 Å². The fourth-order valence-electron chi connectivity index (χ4n) is 3.52. The maximum Gasteiger partial charge on any atom is 0.175 e. The zero-order chi connectivity index (χ0) is 24.6. The molecule has 0 saturated heterocycles. The number of benzene rings is 3. The van der Waals surface area contributed by atoms with Crippen LogP contribution in [-0.2, 0) is 40.8 Å². The summed E-state index contributed by atoms with van der Waals surface area (Å²) in [6.07, 6.45) is 1.23. The molecule has 8 heteroatoms. The third-order valence-electron chi connectivity index (χ3n) is 5.47. The topological polar surface area (TPSA) is 116 Å². The van der Waals surface area contributed by atoms with E-state index in [1.165, 1.54) is 12.3 Å². The molecule has 34 heavy (non-hydrogen) atoms. The second kappa shape index (κ2) is 12.1. The van der Waals surface area contributed by atoms with Gasteiger partial charge in [0.15, 0.2) is 9.84 Å². The summed E-state index contributed by atoms with van der Waals surface area (Å²) in [5.74, 6) is 0.0140. The quantitative estimate of drug-likeness (QED) is 0.292. The second-order valence-corrected chi connectivity index (χ2v) is 10.3. The van der Waals surface area contributed by atoms with Gasteiger partial charge in [-0.25, -0.2) is 8.42 Å². The number of hydrogen-bond donors (Lipinski definition) is 4. The van der Waals surface area contributed by atoms with E-state index in [1.54, 1.807) is 36.4 Å². The van der Waals surface area contributed by atoms with Crippen molar-refractivity contribution < 1.29 is 28.5 Å². The van der Waals surface area contributed by atoms with Crippen molar-refractivity contribution in [2.24, 2.45) is 0 Å². The molecule has 3 aromatic carbocycles. The highest BCUT2D eigenvalue weighted by Gasteiger charge is 2.10. The lowest BCUT2D eigenvalue weighted by Gasteiger charge is -2.14. The van der Waals surface area contributed by atoms with Gasteiger partial charge in [-0.3, -0.25) is 0 Å². The van der Waals surface area contributed by atoms with Gasteiger partial charge in [0.2, 0.25) is 0 Å². The molecule has 0 spiro atoms. The van der Waals surface area contributed by atoms with E-state index < -0.39 is 15.9 Å². The first-order valence-electron chi connectivity index (χ1n) is 11.0. The molecule has 0 aliphatic carbocycles. The first-order chi connectivity index (χ1) is 16.3. The Morgan fingerprint density at radius 3 is 2.35 bits per heavy atom. The van der Waals surface area contributed by atoms with E-state index in [0.29, 0.717) is 42.3 Å². The zero-order valence-corrected chi connectivity index (χ0v) is 20.0. The van der Waals surface area contributed by atoms with Crippen molar-refractivity contribution in [3.8, 4) is 5.75 Å². The lowest BCUT2D eigenvalue weighted by Crippen LogP contribution is -2.23. The lowest BCUT2D eigenvalue weighted by atomic mass is 10.0. The Kier molecular flexibility index (Phi) is 9.20. The molecule has 0 amide bonds. The Bertz CT molecular complexity index is 1180. The van der Waals surface area contributed by atoms with Crippen LogP contribution in [0.1, 0.15) is 33.9 Å². The van der Waals surface area contributed by atoms with Crippen LogP contribution in [0.4, 0.5) is 0 Å². The first-order valence-corrected chi connectivity index (χ1v) is 12.9. The normalized spacial score (nSPS) is 12.6. The molecule has 0 aliphatic rings. The maximum absolute atomic E-state index is 11.5. The van der Waals surface area contributed by atoms with Gasteiger partial charge in [0, 0.05) is 18.4 Å². The molecule has 0 aliphatic heterocycles. The van der Waals surface area contributed by atoms with Crippen molar-refractivity contribution in [2.45, 2.75) is 37.2 Å². The van der Waals surface area contributed by atoms with Gasteiger partial charge in [0.25, 0.3) is 0 Å². The van der Waals surface area contributed by atoms with Crippen molar-refractivity contribution in [3.63, 3.8) is 0 Å². The lowest BCUT2D eigenvalue weighted by molar-refractivity contribution is 0.107. The van der Waals surface area contributed by atoms with Crippen molar-refractivity contribution in [1.29, 1.82) is 0 Å². The minimum Gasteiger partial charge on any atom is -0.508 e. The molecule has 3 aromatic rings. The standard InChI is InChI=1S/C26H31NO6S/c1-34(31,32)24-8-5-20(6-9-24)17-33-18-21-4-2-3-19(13-21)11-12-27-15-26(30)22-7-10-25(29)23(14-22)16-28/h2-10,13-14,26-30H,11-12,15-18H2,1H3/t26-/m0/s1. The van der Waals surface area contributed by atoms with Gasteiger partial charge in [0.1, 0.15) is 5.75 Å². The zero-order valence-electron chi connectivity index (χ0n) is 19.1. The number of sulfone groups is 1. The summed E-state index contributed by atoms with van der Waals surface area (Å²) in [6.45, 7) is 1.59. The number of aliphatic hydroxyl groups excluding tert-OH is 2. The number of phenols is 1. The summed E-state index contributed by atoms with van der Waals surface area (Å²) in [5.41, 5.74) is 4.13. The number of nitrogens with one attached hydrogen (secondary N) is 1. The van der Waals surface area contributed by atoms with E-state index in [9.17, 15) is 23.7 Å². The summed E-state index contributed by atoms with van der Waals surface area (Å²) in [5, 5.41) is 32.5. The van der Waals surface area contributed by atoms with E-state index in [2.05, 4.69) is 11.4 Å². The highest BCUT2D eigenvalue weighted by Crippen LogP contribution is 2.22. The number of hydrogen-bond acceptors (Lipinski definition) is 7. The summed E-state index contributed by atoms with van der Waals surface area (Å²) in [4.78, 5) is 0.294. The number of aliphatic hydroxyl groups is 2. The third-order valence-corrected chi connectivity index (χ3v) is 6.60. The van der Waals surface area contributed by atoms with E-state index in [4.69, 9.17) is 4.74 Å². The molecule has 0 unspecified atom stereocenters. The molecule has 0 aromatic heterocycles. The van der Waals surface area contributed by atoms with Gasteiger partial charge in [-0.05, 0) is 59.5 Å². The molecule has 0 radical (unpaired) electrons. The fraction of sp³-hybridized carbons (Fsp3) is 0.308. The summed E-state index contributed by atoms with van der Waals surface area (Å²) >= 11 is 0. The summed E-state index contributed by atoms with van der Waals surface area (Å²) in [7, 11) is -3.20. The third kappa shape index (κ3) is 7.65. The van der Waals surface area contributed by atoms with Crippen LogP contribution in [0.15, 0.2) is 71.6 Å². The Labute approximate surface area is 200 Å². The highest BCUT2D eigenvalue weighted by atomic mass is 32.2. The van der Waals surface area contributed by atoms with Gasteiger partial charge in [-0.2, -0.15) is 0 Å². The molecule has 182 valence electrons. The van der Waals surface area contributed by atoms with E-state index >= 15 is 0 Å². The number of ether oxygens (including phenoxy) is 1. The van der Waals surface area contributed by atoms with Crippen LogP contribution in [0, 0.1) is 0 Å².